The van der Waals surface area contributed by atoms with Crippen LogP contribution in [0.1, 0.15) is 27.0 Å². The van der Waals surface area contributed by atoms with Gasteiger partial charge in [-0.2, -0.15) is 0 Å². The van der Waals surface area contributed by atoms with E-state index in [4.69, 9.17) is 5.73 Å². The van der Waals surface area contributed by atoms with E-state index in [9.17, 15) is 14.4 Å². The highest BCUT2D eigenvalue weighted by Gasteiger charge is 2.19. The van der Waals surface area contributed by atoms with Gasteiger partial charge in [-0.3, -0.25) is 14.4 Å². The first-order valence-electron chi connectivity index (χ1n) is 9.34. The minimum absolute atomic E-state index is 0.0697. The Morgan fingerprint density at radius 2 is 1.28 bits per heavy atom. The second kappa shape index (κ2) is 9.46. The number of hydrogen-bond donors (Lipinski definition) is 2. The molecule has 0 unspecified atom stereocenters. The summed E-state index contributed by atoms with van der Waals surface area (Å²) in [6, 6.07) is 24.5. The Morgan fingerprint density at radius 1 is 0.724 bits per heavy atom. The fourth-order valence-electron chi connectivity index (χ4n) is 3.03. The molecule has 29 heavy (non-hydrogen) atoms. The normalized spacial score (nSPS) is 11.4. The van der Waals surface area contributed by atoms with Crippen molar-refractivity contribution in [2.75, 3.05) is 0 Å². The summed E-state index contributed by atoms with van der Waals surface area (Å²) in [7, 11) is 0. The number of hydrogen-bond acceptors (Lipinski definition) is 3. The van der Waals surface area contributed by atoms with Gasteiger partial charge in [0.2, 0.25) is 11.8 Å². The first-order chi connectivity index (χ1) is 14.0. The number of ketones is 1. The molecular weight excluding hydrogens is 364 g/mol. The summed E-state index contributed by atoms with van der Waals surface area (Å²) >= 11 is 0. The van der Waals surface area contributed by atoms with E-state index >= 15 is 0 Å². The smallest absolute Gasteiger partial charge is 0.240 e. The van der Waals surface area contributed by atoms with Gasteiger partial charge in [0.05, 0.1) is 6.42 Å². The molecule has 0 heterocycles. The average molecular weight is 386 g/mol. The van der Waals surface area contributed by atoms with Gasteiger partial charge in [0.15, 0.2) is 5.78 Å². The van der Waals surface area contributed by atoms with Crippen LogP contribution in [-0.2, 0) is 22.4 Å². The van der Waals surface area contributed by atoms with E-state index in [1.54, 1.807) is 36.4 Å². The molecule has 0 saturated carbocycles. The number of nitrogens with one attached hydrogen (secondary N) is 1. The van der Waals surface area contributed by atoms with Gasteiger partial charge in [0, 0.05) is 17.5 Å². The monoisotopic (exact) mass is 386 g/mol. The predicted molar refractivity (Wildman–Crippen MR) is 111 cm³/mol. The maximum Gasteiger partial charge on any atom is 0.240 e. The Labute approximate surface area is 169 Å². The predicted octanol–water partition coefficient (Wildman–Crippen LogP) is 2.67. The van der Waals surface area contributed by atoms with Crippen LogP contribution in [0.5, 0.6) is 0 Å². The summed E-state index contributed by atoms with van der Waals surface area (Å²) in [5, 5.41) is 2.70. The molecule has 0 bridgehead atoms. The van der Waals surface area contributed by atoms with Gasteiger partial charge in [-0.25, -0.2) is 0 Å². The lowest BCUT2D eigenvalue weighted by atomic mass is 9.99. The third-order valence-corrected chi connectivity index (χ3v) is 4.58. The van der Waals surface area contributed by atoms with Crippen LogP contribution < -0.4 is 11.1 Å². The van der Waals surface area contributed by atoms with Crippen LogP contribution in [0.4, 0.5) is 0 Å². The third kappa shape index (κ3) is 5.62. The van der Waals surface area contributed by atoms with Crippen molar-refractivity contribution in [1.82, 2.24) is 5.32 Å². The van der Waals surface area contributed by atoms with Crippen molar-refractivity contribution in [2.45, 2.75) is 18.9 Å². The Kier molecular flexibility index (Phi) is 6.53. The van der Waals surface area contributed by atoms with Gasteiger partial charge in [-0.1, -0.05) is 84.9 Å². The highest BCUT2D eigenvalue weighted by molar-refractivity contribution is 6.08. The van der Waals surface area contributed by atoms with Crippen LogP contribution >= 0.6 is 0 Å². The van der Waals surface area contributed by atoms with Crippen LogP contribution in [-0.4, -0.2) is 23.6 Å². The van der Waals surface area contributed by atoms with E-state index in [-0.39, 0.29) is 24.5 Å². The van der Waals surface area contributed by atoms with Gasteiger partial charge >= 0.3 is 0 Å². The topological polar surface area (TPSA) is 89.3 Å². The molecule has 3 aromatic rings. The maximum atomic E-state index is 12.5. The summed E-state index contributed by atoms with van der Waals surface area (Å²) in [5.74, 6) is -0.938. The summed E-state index contributed by atoms with van der Waals surface area (Å²) in [6.07, 6.45) is 0.435. The van der Waals surface area contributed by atoms with Crippen molar-refractivity contribution < 1.29 is 14.4 Å². The van der Waals surface area contributed by atoms with Crippen molar-refractivity contribution in [2.24, 2.45) is 5.73 Å². The van der Waals surface area contributed by atoms with Crippen LogP contribution in [0.2, 0.25) is 0 Å². The number of amides is 2. The zero-order valence-corrected chi connectivity index (χ0v) is 15.9. The molecule has 146 valence electrons. The highest BCUT2D eigenvalue weighted by atomic mass is 16.2. The number of carbonyl (C=O) groups excluding carboxylic acids is 3. The molecule has 3 rings (SSSR count). The fourth-order valence-corrected chi connectivity index (χ4v) is 3.03. The summed E-state index contributed by atoms with van der Waals surface area (Å²) < 4.78 is 0. The van der Waals surface area contributed by atoms with Gasteiger partial charge in [-0.15, -0.1) is 0 Å². The van der Waals surface area contributed by atoms with Gasteiger partial charge in [0.1, 0.15) is 6.04 Å². The summed E-state index contributed by atoms with van der Waals surface area (Å²) in [4.78, 5) is 36.5. The lowest BCUT2D eigenvalue weighted by Crippen LogP contribution is -2.46. The number of benzene rings is 3. The molecule has 2 amide bonds. The standard InChI is InChI=1S/C24H22N2O3/c25-24(29)21(26-22(27)16-17-7-3-1-4-8-17)15-18-11-13-20(14-12-18)23(28)19-9-5-2-6-10-19/h1-14,21H,15-16H2,(H2,25,29)(H,26,27)/t21-/m1/s1. The molecule has 3 aromatic carbocycles. The van der Waals surface area contributed by atoms with Crippen LogP contribution in [0.3, 0.4) is 0 Å². The second-order valence-electron chi connectivity index (χ2n) is 6.78. The van der Waals surface area contributed by atoms with Crippen LogP contribution in [0.25, 0.3) is 0 Å². The van der Waals surface area contributed by atoms with E-state index in [0.29, 0.717) is 11.1 Å². The molecule has 0 radical (unpaired) electrons. The maximum absolute atomic E-state index is 12.5. The van der Waals surface area contributed by atoms with Crippen molar-refractivity contribution >= 4 is 17.6 Å². The lowest BCUT2D eigenvalue weighted by molar-refractivity contribution is -0.127. The van der Waals surface area contributed by atoms with E-state index in [2.05, 4.69) is 5.32 Å². The van der Waals surface area contributed by atoms with E-state index in [0.717, 1.165) is 11.1 Å². The lowest BCUT2D eigenvalue weighted by Gasteiger charge is -2.16. The van der Waals surface area contributed by atoms with Crippen molar-refractivity contribution in [3.63, 3.8) is 0 Å². The van der Waals surface area contributed by atoms with Gasteiger partial charge < -0.3 is 11.1 Å². The van der Waals surface area contributed by atoms with Crippen LogP contribution in [0.15, 0.2) is 84.9 Å². The summed E-state index contributed by atoms with van der Waals surface area (Å²) in [5.41, 5.74) is 8.31. The first-order valence-corrected chi connectivity index (χ1v) is 9.34. The molecule has 0 saturated heterocycles. The Balaban J connectivity index is 1.64. The number of rotatable bonds is 8. The largest absolute Gasteiger partial charge is 0.368 e. The van der Waals surface area contributed by atoms with E-state index in [1.807, 2.05) is 48.5 Å². The number of nitrogens with two attached hydrogens (primary N) is 1. The molecule has 0 aromatic heterocycles. The Bertz CT molecular complexity index is 984. The molecule has 0 aliphatic carbocycles. The van der Waals surface area contributed by atoms with Crippen LogP contribution in [0, 0.1) is 0 Å². The summed E-state index contributed by atoms with van der Waals surface area (Å²) in [6.45, 7) is 0. The molecule has 3 N–H and O–H groups in total. The fraction of sp³-hybridized carbons (Fsp3) is 0.125. The molecule has 0 fully saturated rings. The molecule has 1 atom stereocenters. The molecule has 5 nitrogen and oxygen atoms in total. The molecule has 5 heteroatoms. The molecular formula is C24H22N2O3. The number of primary amides is 1. The van der Waals surface area contributed by atoms with Crippen molar-refractivity contribution in [3.05, 3.63) is 107 Å². The van der Waals surface area contributed by atoms with E-state index in [1.165, 1.54) is 0 Å². The zero-order valence-electron chi connectivity index (χ0n) is 15.9. The highest BCUT2D eigenvalue weighted by Crippen LogP contribution is 2.12. The minimum atomic E-state index is -0.818. The number of carbonyl (C=O) groups is 3. The SMILES string of the molecule is NC(=O)[C@@H](Cc1ccc(C(=O)c2ccccc2)cc1)NC(=O)Cc1ccccc1. The van der Waals surface area contributed by atoms with Crippen molar-refractivity contribution in [1.29, 1.82) is 0 Å². The van der Waals surface area contributed by atoms with Crippen molar-refractivity contribution in [3.8, 4) is 0 Å². The Hall–Kier alpha value is -3.73. The second-order valence-corrected chi connectivity index (χ2v) is 6.78. The van der Waals surface area contributed by atoms with E-state index < -0.39 is 11.9 Å². The zero-order chi connectivity index (χ0) is 20.6. The molecule has 0 aliphatic heterocycles. The molecule has 0 spiro atoms. The molecule has 0 aliphatic rings. The van der Waals surface area contributed by atoms with Gasteiger partial charge in [-0.05, 0) is 11.1 Å². The third-order valence-electron chi connectivity index (χ3n) is 4.58. The quantitative estimate of drug-likeness (QED) is 0.583. The first kappa shape index (κ1) is 20.0. The van der Waals surface area contributed by atoms with Gasteiger partial charge in [0.25, 0.3) is 0 Å². The Morgan fingerprint density at radius 3 is 1.86 bits per heavy atom. The minimum Gasteiger partial charge on any atom is -0.368 e. The average Bonchev–Trinajstić information content (AvgIpc) is 2.74.